The SMILES string of the molecule is CNC(=O)CS(=O)c1cc(Br)ccc1C(=O)O. The Kier molecular flexibility index (Phi) is 4.83. The molecule has 1 atom stereocenters. The lowest BCUT2D eigenvalue weighted by molar-refractivity contribution is -0.118. The molecule has 0 fully saturated rings. The van der Waals surface area contributed by atoms with E-state index in [0.29, 0.717) is 4.47 Å². The predicted molar refractivity (Wildman–Crippen MR) is 66.4 cm³/mol. The Morgan fingerprint density at radius 2 is 2.12 bits per heavy atom. The normalized spacial score (nSPS) is 11.9. The van der Waals surface area contributed by atoms with Crippen LogP contribution in [0.5, 0.6) is 0 Å². The molecule has 1 rings (SSSR count). The second-order valence-corrected chi connectivity index (χ2v) is 5.44. The summed E-state index contributed by atoms with van der Waals surface area (Å²) in [5, 5.41) is 11.3. The highest BCUT2D eigenvalue weighted by Gasteiger charge is 2.17. The van der Waals surface area contributed by atoms with Crippen molar-refractivity contribution in [2.24, 2.45) is 0 Å². The highest BCUT2D eigenvalue weighted by molar-refractivity contribution is 9.10. The molecule has 0 radical (unpaired) electrons. The van der Waals surface area contributed by atoms with Crippen LogP contribution in [0.25, 0.3) is 0 Å². The number of halogens is 1. The Morgan fingerprint density at radius 1 is 1.47 bits per heavy atom. The van der Waals surface area contributed by atoms with Crippen LogP contribution in [0.15, 0.2) is 27.6 Å². The first kappa shape index (κ1) is 13.9. The van der Waals surface area contributed by atoms with Gasteiger partial charge in [-0.05, 0) is 18.2 Å². The van der Waals surface area contributed by atoms with Crippen molar-refractivity contribution in [3.63, 3.8) is 0 Å². The molecule has 1 aromatic carbocycles. The first-order valence-electron chi connectivity index (χ1n) is 4.57. The Balaban J connectivity index is 3.11. The molecule has 0 aliphatic rings. The van der Waals surface area contributed by atoms with E-state index in [-0.39, 0.29) is 16.2 Å². The Labute approximate surface area is 109 Å². The third kappa shape index (κ3) is 3.64. The van der Waals surface area contributed by atoms with Crippen LogP contribution in [-0.4, -0.2) is 34.0 Å². The summed E-state index contributed by atoms with van der Waals surface area (Å²) in [4.78, 5) is 22.2. The van der Waals surface area contributed by atoms with Gasteiger partial charge in [0, 0.05) is 11.5 Å². The van der Waals surface area contributed by atoms with E-state index in [2.05, 4.69) is 21.2 Å². The highest BCUT2D eigenvalue weighted by atomic mass is 79.9. The standard InChI is InChI=1S/C10H10BrNO4S/c1-12-9(13)5-17(16)8-4-6(11)2-3-7(8)10(14)15/h2-4H,5H2,1H3,(H,12,13)(H,14,15). The molecule has 0 bridgehead atoms. The number of hydrogen-bond acceptors (Lipinski definition) is 3. The summed E-state index contributed by atoms with van der Waals surface area (Å²) >= 11 is 3.17. The van der Waals surface area contributed by atoms with Gasteiger partial charge in [-0.15, -0.1) is 0 Å². The van der Waals surface area contributed by atoms with E-state index < -0.39 is 22.7 Å². The number of carbonyl (C=O) groups excluding carboxylic acids is 1. The molecular weight excluding hydrogens is 310 g/mol. The van der Waals surface area contributed by atoms with Gasteiger partial charge >= 0.3 is 5.97 Å². The van der Waals surface area contributed by atoms with Gasteiger partial charge in [0.1, 0.15) is 5.75 Å². The molecule has 0 heterocycles. The second kappa shape index (κ2) is 5.92. The molecule has 0 saturated heterocycles. The predicted octanol–water partition coefficient (Wildman–Crippen LogP) is 1.00. The van der Waals surface area contributed by atoms with Crippen LogP contribution in [0.1, 0.15) is 10.4 Å². The van der Waals surface area contributed by atoms with Crippen LogP contribution < -0.4 is 5.32 Å². The third-order valence-corrected chi connectivity index (χ3v) is 3.81. The average molecular weight is 320 g/mol. The Hall–Kier alpha value is -1.21. The number of benzene rings is 1. The maximum atomic E-state index is 11.9. The minimum atomic E-state index is -1.68. The molecule has 0 aliphatic carbocycles. The van der Waals surface area contributed by atoms with E-state index in [9.17, 15) is 13.8 Å². The van der Waals surface area contributed by atoms with Gasteiger partial charge in [-0.25, -0.2) is 4.79 Å². The molecular formula is C10H10BrNO4S. The number of carbonyl (C=O) groups is 2. The Bertz CT molecular complexity index is 489. The van der Waals surface area contributed by atoms with Crippen molar-refractivity contribution in [2.75, 3.05) is 12.8 Å². The topological polar surface area (TPSA) is 83.5 Å². The number of hydrogen-bond donors (Lipinski definition) is 2. The minimum Gasteiger partial charge on any atom is -0.478 e. The molecule has 92 valence electrons. The lowest BCUT2D eigenvalue weighted by Crippen LogP contribution is -2.24. The fourth-order valence-corrected chi connectivity index (χ4v) is 2.84. The summed E-state index contributed by atoms with van der Waals surface area (Å²) in [5.74, 6) is -1.83. The number of rotatable bonds is 4. The second-order valence-electron chi connectivity index (χ2n) is 3.11. The number of carboxylic acids is 1. The average Bonchev–Trinajstić information content (AvgIpc) is 2.28. The number of aromatic carboxylic acids is 1. The molecule has 2 N–H and O–H groups in total. The van der Waals surface area contributed by atoms with Crippen LogP contribution >= 0.6 is 15.9 Å². The number of nitrogens with one attached hydrogen (secondary N) is 1. The zero-order valence-corrected chi connectivity index (χ0v) is 11.3. The van der Waals surface area contributed by atoms with Gasteiger partial charge in [-0.1, -0.05) is 15.9 Å². The highest BCUT2D eigenvalue weighted by Crippen LogP contribution is 2.20. The van der Waals surface area contributed by atoms with Crippen LogP contribution in [-0.2, 0) is 15.6 Å². The maximum absolute atomic E-state index is 11.9. The fourth-order valence-electron chi connectivity index (χ4n) is 1.13. The zero-order valence-electron chi connectivity index (χ0n) is 8.90. The molecule has 5 nitrogen and oxygen atoms in total. The van der Waals surface area contributed by atoms with Crippen molar-refractivity contribution in [3.8, 4) is 0 Å². The molecule has 0 spiro atoms. The number of amides is 1. The molecule has 1 amide bonds. The van der Waals surface area contributed by atoms with Crippen molar-refractivity contribution in [3.05, 3.63) is 28.2 Å². The monoisotopic (exact) mass is 319 g/mol. The van der Waals surface area contributed by atoms with Crippen LogP contribution in [0.3, 0.4) is 0 Å². The summed E-state index contributed by atoms with van der Waals surface area (Å²) in [5.41, 5.74) is -0.0598. The minimum absolute atomic E-state index is 0.0598. The molecule has 1 aromatic rings. The first-order chi connectivity index (χ1) is 7.95. The largest absolute Gasteiger partial charge is 0.478 e. The van der Waals surface area contributed by atoms with Crippen LogP contribution in [0.4, 0.5) is 0 Å². The van der Waals surface area contributed by atoms with Crippen LogP contribution in [0, 0.1) is 0 Å². The van der Waals surface area contributed by atoms with Crippen molar-refractivity contribution in [1.82, 2.24) is 5.32 Å². The van der Waals surface area contributed by atoms with E-state index in [1.807, 2.05) is 0 Å². The zero-order chi connectivity index (χ0) is 13.0. The van der Waals surface area contributed by atoms with E-state index >= 15 is 0 Å². The summed E-state index contributed by atoms with van der Waals surface area (Å²) < 4.78 is 12.5. The van der Waals surface area contributed by atoms with Gasteiger partial charge in [0.25, 0.3) is 0 Å². The van der Waals surface area contributed by atoms with E-state index in [1.165, 1.54) is 19.2 Å². The van der Waals surface area contributed by atoms with Gasteiger partial charge in [-0.2, -0.15) is 0 Å². The number of carboxylic acid groups (broad SMARTS) is 1. The fraction of sp³-hybridized carbons (Fsp3) is 0.200. The lowest BCUT2D eigenvalue weighted by atomic mass is 10.2. The first-order valence-corrected chi connectivity index (χ1v) is 6.68. The maximum Gasteiger partial charge on any atom is 0.336 e. The van der Waals surface area contributed by atoms with Gasteiger partial charge in [0.05, 0.1) is 21.3 Å². The van der Waals surface area contributed by atoms with E-state index in [1.54, 1.807) is 6.07 Å². The molecule has 0 aromatic heterocycles. The summed E-state index contributed by atoms with van der Waals surface area (Å²) in [6, 6.07) is 4.34. The summed E-state index contributed by atoms with van der Waals surface area (Å²) in [6.45, 7) is 0. The lowest BCUT2D eigenvalue weighted by Gasteiger charge is -2.06. The smallest absolute Gasteiger partial charge is 0.336 e. The molecule has 0 saturated carbocycles. The van der Waals surface area contributed by atoms with Crippen molar-refractivity contribution in [2.45, 2.75) is 4.90 Å². The van der Waals surface area contributed by atoms with Gasteiger partial charge in [0.2, 0.25) is 5.91 Å². The molecule has 0 aliphatic heterocycles. The quantitative estimate of drug-likeness (QED) is 0.867. The van der Waals surface area contributed by atoms with E-state index in [4.69, 9.17) is 5.11 Å². The van der Waals surface area contributed by atoms with Crippen molar-refractivity contribution < 1.29 is 18.9 Å². The molecule has 7 heteroatoms. The van der Waals surface area contributed by atoms with E-state index in [0.717, 1.165) is 0 Å². The van der Waals surface area contributed by atoms with Crippen molar-refractivity contribution in [1.29, 1.82) is 0 Å². The summed E-state index contributed by atoms with van der Waals surface area (Å²) in [6.07, 6.45) is 0. The molecule has 17 heavy (non-hydrogen) atoms. The van der Waals surface area contributed by atoms with Crippen molar-refractivity contribution >= 4 is 38.6 Å². The van der Waals surface area contributed by atoms with Gasteiger partial charge < -0.3 is 10.4 Å². The Morgan fingerprint density at radius 3 is 2.65 bits per heavy atom. The molecule has 1 unspecified atom stereocenters. The van der Waals surface area contributed by atoms with Crippen LogP contribution in [0.2, 0.25) is 0 Å². The third-order valence-electron chi connectivity index (χ3n) is 1.96. The summed E-state index contributed by atoms with van der Waals surface area (Å²) in [7, 11) is -0.250. The van der Waals surface area contributed by atoms with Gasteiger partial charge in [0.15, 0.2) is 0 Å². The van der Waals surface area contributed by atoms with Gasteiger partial charge in [-0.3, -0.25) is 9.00 Å².